The summed E-state index contributed by atoms with van der Waals surface area (Å²) < 4.78 is 13.1. The average Bonchev–Trinajstić information content (AvgIpc) is 3.31. The minimum absolute atomic E-state index is 0.370. The molecule has 5 aromatic rings. The van der Waals surface area contributed by atoms with Crippen molar-refractivity contribution in [1.29, 1.82) is 0 Å². The van der Waals surface area contributed by atoms with Crippen LogP contribution in [0, 0.1) is 6.92 Å². The maximum atomic E-state index is 6.63. The maximum absolute atomic E-state index is 6.63. The number of anilines is 1. The Morgan fingerprint density at radius 3 is 2.49 bits per heavy atom. The first-order valence-electron chi connectivity index (χ1n) is 12.0. The van der Waals surface area contributed by atoms with Crippen molar-refractivity contribution in [3.05, 3.63) is 106 Å². The van der Waals surface area contributed by atoms with Gasteiger partial charge in [0.2, 0.25) is 0 Å². The fraction of sp³-hybridized carbons (Fsp3) is 0.167. The molecule has 0 aliphatic heterocycles. The molecule has 5 rings (SSSR count). The smallest absolute Gasteiger partial charge is 0.163 e. The van der Waals surface area contributed by atoms with Crippen LogP contribution in [-0.4, -0.2) is 11.6 Å². The number of benzene rings is 4. The molecular weight excluding hydrogens is 523 g/mol. The molecular formula is C30H26Cl2N2O2S. The van der Waals surface area contributed by atoms with Gasteiger partial charge in [-0.05, 0) is 85.1 Å². The van der Waals surface area contributed by atoms with Gasteiger partial charge in [-0.25, -0.2) is 4.98 Å². The number of hydrogen-bond donors (Lipinski definition) is 1. The fourth-order valence-corrected chi connectivity index (χ4v) is 5.47. The lowest BCUT2D eigenvalue weighted by Crippen LogP contribution is -2.04. The number of nitrogens with one attached hydrogen (secondary N) is 1. The van der Waals surface area contributed by atoms with Gasteiger partial charge in [-0.15, -0.1) is 11.3 Å². The third-order valence-electron chi connectivity index (χ3n) is 5.85. The molecule has 0 amide bonds. The molecule has 1 N–H and O–H groups in total. The summed E-state index contributed by atoms with van der Waals surface area (Å²) in [6, 6.07) is 26.0. The Balaban J connectivity index is 1.27. The number of thiazole rings is 1. The van der Waals surface area contributed by atoms with E-state index in [0.29, 0.717) is 41.3 Å². The highest BCUT2D eigenvalue weighted by molar-refractivity contribution is 7.21. The van der Waals surface area contributed by atoms with Crippen molar-refractivity contribution >= 4 is 50.4 Å². The molecule has 0 radical (unpaired) electrons. The SMILES string of the molecule is CCOc1cc(CNc2ccc(-c3nc4ccc(C)cc4s3)cc2)c(Cl)cc1OCc1cccc(Cl)c1. The molecule has 4 nitrogen and oxygen atoms in total. The molecule has 0 saturated carbocycles. The van der Waals surface area contributed by atoms with Crippen molar-refractivity contribution in [3.8, 4) is 22.1 Å². The minimum Gasteiger partial charge on any atom is -0.490 e. The van der Waals surface area contributed by atoms with E-state index in [2.05, 4.69) is 54.7 Å². The predicted octanol–water partition coefficient (Wildman–Crippen LogP) is 9.17. The third-order valence-corrected chi connectivity index (χ3v) is 7.51. The van der Waals surface area contributed by atoms with E-state index in [0.717, 1.165) is 32.9 Å². The number of rotatable bonds is 9. The van der Waals surface area contributed by atoms with Gasteiger partial charge in [-0.1, -0.05) is 41.4 Å². The van der Waals surface area contributed by atoms with Crippen LogP contribution < -0.4 is 14.8 Å². The van der Waals surface area contributed by atoms with Crippen LogP contribution >= 0.6 is 34.5 Å². The van der Waals surface area contributed by atoms with Crippen LogP contribution in [0.2, 0.25) is 10.0 Å². The van der Waals surface area contributed by atoms with Crippen molar-refractivity contribution in [2.24, 2.45) is 0 Å². The second kappa shape index (κ2) is 11.4. The number of hydrogen-bond acceptors (Lipinski definition) is 5. The van der Waals surface area contributed by atoms with Crippen molar-refractivity contribution in [1.82, 2.24) is 4.98 Å². The largest absolute Gasteiger partial charge is 0.490 e. The predicted molar refractivity (Wildman–Crippen MR) is 156 cm³/mol. The molecule has 188 valence electrons. The van der Waals surface area contributed by atoms with Gasteiger partial charge < -0.3 is 14.8 Å². The first-order valence-corrected chi connectivity index (χ1v) is 13.6. The van der Waals surface area contributed by atoms with Gasteiger partial charge >= 0.3 is 0 Å². The number of aryl methyl sites for hydroxylation is 1. The first kappa shape index (κ1) is 25.4. The van der Waals surface area contributed by atoms with Gasteiger partial charge in [0, 0.05) is 33.9 Å². The van der Waals surface area contributed by atoms with Crippen LogP contribution in [0.3, 0.4) is 0 Å². The molecule has 7 heteroatoms. The summed E-state index contributed by atoms with van der Waals surface area (Å²) in [7, 11) is 0. The van der Waals surface area contributed by atoms with Gasteiger partial charge in [-0.3, -0.25) is 0 Å². The molecule has 0 aliphatic rings. The number of nitrogens with zero attached hydrogens (tertiary/aromatic N) is 1. The van der Waals surface area contributed by atoms with Crippen LogP contribution in [0.15, 0.2) is 78.9 Å². The molecule has 0 fully saturated rings. The van der Waals surface area contributed by atoms with E-state index in [1.54, 1.807) is 11.3 Å². The molecule has 0 saturated heterocycles. The lowest BCUT2D eigenvalue weighted by Gasteiger charge is -2.16. The van der Waals surface area contributed by atoms with Crippen LogP contribution in [-0.2, 0) is 13.2 Å². The molecule has 1 aromatic heterocycles. The zero-order valence-corrected chi connectivity index (χ0v) is 22.9. The summed E-state index contributed by atoms with van der Waals surface area (Å²) in [5.41, 5.74) is 6.27. The molecule has 37 heavy (non-hydrogen) atoms. The van der Waals surface area contributed by atoms with Crippen molar-refractivity contribution in [2.45, 2.75) is 27.0 Å². The molecule has 0 aliphatic carbocycles. The molecule has 4 aromatic carbocycles. The van der Waals surface area contributed by atoms with E-state index in [9.17, 15) is 0 Å². The maximum Gasteiger partial charge on any atom is 0.163 e. The van der Waals surface area contributed by atoms with Crippen LogP contribution in [0.1, 0.15) is 23.6 Å². The molecule has 0 bridgehead atoms. The number of fused-ring (bicyclic) bond motifs is 1. The highest BCUT2D eigenvalue weighted by Gasteiger charge is 2.12. The quantitative estimate of drug-likeness (QED) is 0.199. The Hall–Kier alpha value is -3.25. The zero-order chi connectivity index (χ0) is 25.8. The van der Waals surface area contributed by atoms with E-state index in [4.69, 9.17) is 37.7 Å². The highest BCUT2D eigenvalue weighted by atomic mass is 35.5. The molecule has 0 atom stereocenters. The normalized spacial score (nSPS) is 11.0. The van der Waals surface area contributed by atoms with Gasteiger partial charge in [0.05, 0.1) is 16.8 Å². The Kier molecular flexibility index (Phi) is 7.85. The highest BCUT2D eigenvalue weighted by Crippen LogP contribution is 2.35. The van der Waals surface area contributed by atoms with Gasteiger partial charge in [0.25, 0.3) is 0 Å². The summed E-state index contributed by atoms with van der Waals surface area (Å²) in [5.74, 6) is 1.26. The summed E-state index contributed by atoms with van der Waals surface area (Å²) in [6.07, 6.45) is 0. The average molecular weight is 550 g/mol. The molecule has 1 heterocycles. The molecule has 0 unspecified atom stereocenters. The van der Waals surface area contributed by atoms with E-state index < -0.39 is 0 Å². The van der Waals surface area contributed by atoms with Gasteiger partial charge in [0.1, 0.15) is 11.6 Å². The number of halogens is 2. The summed E-state index contributed by atoms with van der Waals surface area (Å²) in [4.78, 5) is 4.78. The minimum atomic E-state index is 0.370. The summed E-state index contributed by atoms with van der Waals surface area (Å²) >= 11 is 14.4. The first-order chi connectivity index (χ1) is 18.0. The Bertz CT molecular complexity index is 1530. The van der Waals surface area contributed by atoms with E-state index in [-0.39, 0.29) is 0 Å². The third kappa shape index (κ3) is 6.19. The molecule has 0 spiro atoms. The van der Waals surface area contributed by atoms with Crippen LogP contribution in [0.25, 0.3) is 20.8 Å². The van der Waals surface area contributed by atoms with Gasteiger partial charge in [0.15, 0.2) is 11.5 Å². The summed E-state index contributed by atoms with van der Waals surface area (Å²) in [5, 5.41) is 5.76. The Labute approximate surface area is 230 Å². The summed E-state index contributed by atoms with van der Waals surface area (Å²) in [6.45, 7) is 5.49. The number of aromatic nitrogens is 1. The van der Waals surface area contributed by atoms with Crippen molar-refractivity contribution in [3.63, 3.8) is 0 Å². The standard InChI is InChI=1S/C30H26Cl2N2O2S/c1-3-35-27-15-22(25(32)16-28(27)36-18-20-5-4-6-23(31)14-20)17-33-24-10-8-21(9-11-24)30-34-26-12-7-19(2)13-29(26)37-30/h4-16,33H,3,17-18H2,1-2H3. The monoisotopic (exact) mass is 548 g/mol. The van der Waals surface area contributed by atoms with Crippen LogP contribution in [0.4, 0.5) is 5.69 Å². The van der Waals surface area contributed by atoms with Gasteiger partial charge in [-0.2, -0.15) is 0 Å². The van der Waals surface area contributed by atoms with E-state index in [1.165, 1.54) is 10.3 Å². The van der Waals surface area contributed by atoms with Crippen molar-refractivity contribution in [2.75, 3.05) is 11.9 Å². The van der Waals surface area contributed by atoms with E-state index >= 15 is 0 Å². The fourth-order valence-electron chi connectivity index (χ4n) is 3.96. The Morgan fingerprint density at radius 2 is 1.70 bits per heavy atom. The number of ether oxygens (including phenoxy) is 2. The van der Waals surface area contributed by atoms with Crippen molar-refractivity contribution < 1.29 is 9.47 Å². The second-order valence-corrected chi connectivity index (χ2v) is 10.5. The lowest BCUT2D eigenvalue weighted by atomic mass is 10.1. The zero-order valence-electron chi connectivity index (χ0n) is 20.6. The second-order valence-electron chi connectivity index (χ2n) is 8.66. The van der Waals surface area contributed by atoms with E-state index in [1.807, 2.05) is 43.3 Å². The van der Waals surface area contributed by atoms with Crippen LogP contribution in [0.5, 0.6) is 11.5 Å². The topological polar surface area (TPSA) is 43.4 Å². The Morgan fingerprint density at radius 1 is 0.892 bits per heavy atom. The lowest BCUT2D eigenvalue weighted by molar-refractivity contribution is 0.269.